The molecular formula is C15H17ClN2O2S. The van der Waals surface area contributed by atoms with E-state index >= 15 is 0 Å². The lowest BCUT2D eigenvalue weighted by Gasteiger charge is -2.27. The first-order valence-electron chi connectivity index (χ1n) is 6.51. The van der Waals surface area contributed by atoms with E-state index in [4.69, 9.17) is 16.3 Å². The van der Waals surface area contributed by atoms with Gasteiger partial charge in [-0.2, -0.15) is 0 Å². The van der Waals surface area contributed by atoms with Crippen molar-refractivity contribution in [2.75, 3.05) is 4.90 Å². The standard InChI is InChI=1S/C15H17ClN2O2S/c1-15(2,3)20-14(19)18(11-7-5-4-6-8-11)10-12-9-17-13(16)21-12/h4-9H,10H2,1-3H3. The Kier molecular flexibility index (Phi) is 4.85. The molecule has 2 rings (SSSR count). The average Bonchev–Trinajstić information content (AvgIpc) is 2.80. The quantitative estimate of drug-likeness (QED) is 0.819. The molecule has 1 aromatic heterocycles. The van der Waals surface area contributed by atoms with Gasteiger partial charge in [0.1, 0.15) is 5.60 Å². The molecule has 1 amide bonds. The first kappa shape index (κ1) is 15.8. The Bertz CT molecular complexity index is 608. The maximum absolute atomic E-state index is 12.4. The lowest BCUT2D eigenvalue weighted by atomic mass is 10.2. The van der Waals surface area contributed by atoms with Gasteiger partial charge in [-0.05, 0) is 32.9 Å². The zero-order valence-corrected chi connectivity index (χ0v) is 13.7. The predicted octanol–water partition coefficient (Wildman–Crippen LogP) is 4.74. The Labute approximate surface area is 133 Å². The minimum atomic E-state index is -0.546. The van der Waals surface area contributed by atoms with E-state index in [1.807, 2.05) is 51.1 Å². The summed E-state index contributed by atoms with van der Waals surface area (Å²) in [5, 5.41) is 0. The second-order valence-electron chi connectivity index (χ2n) is 5.48. The second kappa shape index (κ2) is 6.45. The van der Waals surface area contributed by atoms with Crippen LogP contribution in [0, 0.1) is 0 Å². The summed E-state index contributed by atoms with van der Waals surface area (Å²) < 4.78 is 5.93. The molecule has 0 saturated carbocycles. The Morgan fingerprint density at radius 3 is 2.52 bits per heavy atom. The van der Waals surface area contributed by atoms with E-state index in [0.29, 0.717) is 11.0 Å². The molecule has 4 nitrogen and oxygen atoms in total. The van der Waals surface area contributed by atoms with Gasteiger partial charge in [-0.1, -0.05) is 29.8 Å². The third kappa shape index (κ3) is 4.72. The maximum atomic E-state index is 12.4. The molecule has 2 aromatic rings. The number of aromatic nitrogens is 1. The third-order valence-corrected chi connectivity index (χ3v) is 3.62. The largest absolute Gasteiger partial charge is 0.443 e. The highest BCUT2D eigenvalue weighted by atomic mass is 35.5. The number of halogens is 1. The Morgan fingerprint density at radius 2 is 2.00 bits per heavy atom. The van der Waals surface area contributed by atoms with Crippen molar-refractivity contribution in [2.45, 2.75) is 32.9 Å². The number of carbonyl (C=O) groups excluding carboxylic acids is 1. The van der Waals surface area contributed by atoms with Gasteiger partial charge in [0, 0.05) is 16.8 Å². The van der Waals surface area contributed by atoms with Gasteiger partial charge in [-0.15, -0.1) is 11.3 Å². The number of benzene rings is 1. The number of hydrogen-bond acceptors (Lipinski definition) is 4. The lowest BCUT2D eigenvalue weighted by Crippen LogP contribution is -2.36. The summed E-state index contributed by atoms with van der Waals surface area (Å²) >= 11 is 7.20. The van der Waals surface area contributed by atoms with Crippen LogP contribution in [0.2, 0.25) is 4.47 Å². The number of hydrogen-bond donors (Lipinski definition) is 0. The molecule has 0 aliphatic heterocycles. The number of rotatable bonds is 3. The summed E-state index contributed by atoms with van der Waals surface area (Å²) in [6, 6.07) is 9.40. The first-order valence-corrected chi connectivity index (χ1v) is 7.70. The minimum absolute atomic E-state index is 0.378. The summed E-state index contributed by atoms with van der Waals surface area (Å²) in [6.07, 6.45) is 1.28. The number of ether oxygens (including phenoxy) is 1. The van der Waals surface area contributed by atoms with E-state index < -0.39 is 11.7 Å². The van der Waals surface area contributed by atoms with Crippen molar-refractivity contribution in [2.24, 2.45) is 0 Å². The number of amides is 1. The molecule has 0 saturated heterocycles. The summed E-state index contributed by atoms with van der Waals surface area (Å²) in [6.45, 7) is 5.91. The van der Waals surface area contributed by atoms with Crippen LogP contribution in [-0.2, 0) is 11.3 Å². The van der Waals surface area contributed by atoms with E-state index in [9.17, 15) is 4.79 Å². The van der Waals surface area contributed by atoms with Crippen LogP contribution in [-0.4, -0.2) is 16.7 Å². The van der Waals surface area contributed by atoms with E-state index in [2.05, 4.69) is 4.98 Å². The topological polar surface area (TPSA) is 42.4 Å². The van der Waals surface area contributed by atoms with Gasteiger partial charge in [0.25, 0.3) is 0 Å². The molecule has 1 heterocycles. The second-order valence-corrected chi connectivity index (χ2v) is 7.18. The van der Waals surface area contributed by atoms with Crippen molar-refractivity contribution in [1.29, 1.82) is 0 Å². The fourth-order valence-corrected chi connectivity index (χ4v) is 2.67. The van der Waals surface area contributed by atoms with Gasteiger partial charge in [-0.25, -0.2) is 9.78 Å². The molecule has 112 valence electrons. The fourth-order valence-electron chi connectivity index (χ4n) is 1.70. The Balaban J connectivity index is 2.24. The van der Waals surface area contributed by atoms with Gasteiger partial charge < -0.3 is 4.74 Å². The zero-order chi connectivity index (χ0) is 15.5. The molecule has 0 N–H and O–H groups in total. The minimum Gasteiger partial charge on any atom is -0.443 e. The molecule has 0 bridgehead atoms. The van der Waals surface area contributed by atoms with Crippen molar-refractivity contribution in [3.63, 3.8) is 0 Å². The average molecular weight is 325 g/mol. The number of nitrogens with zero attached hydrogens (tertiary/aromatic N) is 2. The van der Waals surface area contributed by atoms with E-state index in [1.165, 1.54) is 11.3 Å². The number of carbonyl (C=O) groups is 1. The van der Waals surface area contributed by atoms with Gasteiger partial charge >= 0.3 is 6.09 Å². The highest BCUT2D eigenvalue weighted by Gasteiger charge is 2.24. The number of anilines is 1. The van der Waals surface area contributed by atoms with Crippen molar-refractivity contribution in [3.05, 3.63) is 45.9 Å². The highest BCUT2D eigenvalue weighted by Crippen LogP contribution is 2.24. The molecule has 0 fully saturated rings. The molecular weight excluding hydrogens is 308 g/mol. The van der Waals surface area contributed by atoms with E-state index in [0.717, 1.165) is 10.6 Å². The fraction of sp³-hybridized carbons (Fsp3) is 0.333. The summed E-state index contributed by atoms with van der Waals surface area (Å²) in [5.41, 5.74) is 0.228. The molecule has 0 aliphatic rings. The molecule has 0 radical (unpaired) electrons. The highest BCUT2D eigenvalue weighted by molar-refractivity contribution is 7.15. The SMILES string of the molecule is CC(C)(C)OC(=O)N(Cc1cnc(Cl)s1)c1ccccc1. The summed E-state index contributed by atoms with van der Waals surface area (Å²) in [7, 11) is 0. The normalized spacial score (nSPS) is 11.2. The van der Waals surface area contributed by atoms with Gasteiger partial charge in [0.15, 0.2) is 4.47 Å². The van der Waals surface area contributed by atoms with Crippen LogP contribution < -0.4 is 4.90 Å². The number of thiazole rings is 1. The Hall–Kier alpha value is -1.59. The van der Waals surface area contributed by atoms with Crippen molar-refractivity contribution in [3.8, 4) is 0 Å². The third-order valence-electron chi connectivity index (χ3n) is 2.52. The van der Waals surface area contributed by atoms with Crippen molar-refractivity contribution < 1.29 is 9.53 Å². The van der Waals surface area contributed by atoms with Crippen LogP contribution in [0.1, 0.15) is 25.6 Å². The van der Waals surface area contributed by atoms with Gasteiger partial charge in [0.05, 0.1) is 6.54 Å². The molecule has 6 heteroatoms. The monoisotopic (exact) mass is 324 g/mol. The molecule has 0 atom stereocenters. The predicted molar refractivity (Wildman–Crippen MR) is 86.0 cm³/mol. The molecule has 21 heavy (non-hydrogen) atoms. The van der Waals surface area contributed by atoms with Crippen LogP contribution in [0.15, 0.2) is 36.5 Å². The van der Waals surface area contributed by atoms with Crippen molar-refractivity contribution >= 4 is 34.7 Å². The molecule has 0 spiro atoms. The van der Waals surface area contributed by atoms with Crippen molar-refractivity contribution in [1.82, 2.24) is 4.98 Å². The summed E-state index contributed by atoms with van der Waals surface area (Å²) in [4.78, 5) is 18.9. The zero-order valence-electron chi connectivity index (χ0n) is 12.2. The van der Waals surface area contributed by atoms with Gasteiger partial charge in [0.2, 0.25) is 0 Å². The van der Waals surface area contributed by atoms with E-state index in [1.54, 1.807) is 11.1 Å². The lowest BCUT2D eigenvalue weighted by molar-refractivity contribution is 0.0578. The van der Waals surface area contributed by atoms with Gasteiger partial charge in [-0.3, -0.25) is 4.90 Å². The smallest absolute Gasteiger partial charge is 0.415 e. The molecule has 1 aromatic carbocycles. The first-order chi connectivity index (χ1) is 9.85. The summed E-state index contributed by atoms with van der Waals surface area (Å²) in [5.74, 6) is 0. The van der Waals surface area contributed by atoms with Crippen LogP contribution in [0.5, 0.6) is 0 Å². The molecule has 0 aliphatic carbocycles. The Morgan fingerprint density at radius 1 is 1.33 bits per heavy atom. The number of para-hydroxylation sites is 1. The van der Waals surface area contributed by atoms with E-state index in [-0.39, 0.29) is 0 Å². The van der Waals surface area contributed by atoms with Crippen LogP contribution in [0.25, 0.3) is 0 Å². The van der Waals surface area contributed by atoms with Crippen LogP contribution in [0.3, 0.4) is 0 Å². The van der Waals surface area contributed by atoms with Crippen LogP contribution >= 0.6 is 22.9 Å². The molecule has 0 unspecified atom stereocenters. The maximum Gasteiger partial charge on any atom is 0.415 e. The van der Waals surface area contributed by atoms with Crippen LogP contribution in [0.4, 0.5) is 10.5 Å².